The smallest absolute Gasteiger partial charge is 0.295 e. The minimum absolute atomic E-state index is 0.251. The van der Waals surface area contributed by atoms with Crippen molar-refractivity contribution in [2.45, 2.75) is 57.3 Å². The van der Waals surface area contributed by atoms with Crippen LogP contribution >= 0.6 is 46.4 Å². The number of hydrogen-bond donors (Lipinski definition) is 1. The van der Waals surface area contributed by atoms with Crippen LogP contribution in [0.3, 0.4) is 0 Å². The number of rotatable bonds is 20. The van der Waals surface area contributed by atoms with E-state index < -0.39 is 10.1 Å². The van der Waals surface area contributed by atoms with Crippen LogP contribution in [0.1, 0.15) is 63.5 Å². The van der Waals surface area contributed by atoms with Crippen LogP contribution in [0.25, 0.3) is 15.3 Å². The lowest BCUT2D eigenvalue weighted by molar-refractivity contribution is -0.438. The van der Waals surface area contributed by atoms with Crippen molar-refractivity contribution < 1.29 is 27.0 Å². The Bertz CT molecular complexity index is 2460. The van der Waals surface area contributed by atoms with E-state index in [0.29, 0.717) is 117 Å². The van der Waals surface area contributed by atoms with E-state index >= 15 is 0 Å². The second-order valence-electron chi connectivity index (χ2n) is 14.1. The number of allylic oxidation sites excluding steroid dienone is 5. The van der Waals surface area contributed by atoms with E-state index in [1.807, 2.05) is 58.0 Å². The first-order valence-electron chi connectivity index (χ1n) is 20.0. The second kappa shape index (κ2) is 22.9. The van der Waals surface area contributed by atoms with Gasteiger partial charge in [0, 0.05) is 60.6 Å². The SMILES string of the molecule is [C-]#[N+]CCCN(c1ccc(C(=C2C=CC(=[N+](CCC[N+]#[C-])c3c(Cl)cc(OCCCC)cc3Cl)C=C2)c2ccccc2S(=O)(=O)O)cc1)c1c(Cl)cc(OCCCC)cc1Cl. The van der Waals surface area contributed by atoms with Gasteiger partial charge < -0.3 is 24.1 Å². The highest BCUT2D eigenvalue weighted by Crippen LogP contribution is 2.43. The zero-order valence-electron chi connectivity index (χ0n) is 34.0. The molecular formula is C47H47Cl4N4O5S+. The summed E-state index contributed by atoms with van der Waals surface area (Å²) in [6.45, 7) is 21.4. The summed E-state index contributed by atoms with van der Waals surface area (Å²) in [6.07, 6.45) is 12.3. The molecule has 4 aromatic rings. The molecule has 61 heavy (non-hydrogen) atoms. The molecule has 0 spiro atoms. The van der Waals surface area contributed by atoms with Crippen LogP contribution in [0.4, 0.5) is 17.1 Å². The van der Waals surface area contributed by atoms with Crippen LogP contribution in [0.2, 0.25) is 20.1 Å². The lowest BCUT2D eigenvalue weighted by Crippen LogP contribution is -2.20. The Morgan fingerprint density at radius 3 is 1.82 bits per heavy atom. The normalized spacial score (nSPS) is 12.2. The Labute approximate surface area is 379 Å². The fourth-order valence-electron chi connectivity index (χ4n) is 6.78. The molecule has 0 bridgehead atoms. The summed E-state index contributed by atoms with van der Waals surface area (Å²) in [7, 11) is -4.64. The topological polar surface area (TPSA) is 87.8 Å². The van der Waals surface area contributed by atoms with E-state index in [4.69, 9.17) is 69.0 Å². The molecule has 0 atom stereocenters. The van der Waals surface area contributed by atoms with Crippen LogP contribution in [0.5, 0.6) is 11.5 Å². The molecule has 0 fully saturated rings. The second-order valence-corrected chi connectivity index (χ2v) is 17.1. The molecule has 4 aromatic carbocycles. The van der Waals surface area contributed by atoms with Crippen LogP contribution in [0.15, 0.2) is 108 Å². The third kappa shape index (κ3) is 12.4. The molecule has 0 aliphatic heterocycles. The summed E-state index contributed by atoms with van der Waals surface area (Å²) >= 11 is 27.5. The molecular weight excluding hydrogens is 874 g/mol. The number of unbranched alkanes of at least 4 members (excludes halogenated alkanes) is 2. The largest absolute Gasteiger partial charge is 0.493 e. The first-order chi connectivity index (χ1) is 29.4. The fraction of sp³-hybridized carbons (Fsp3) is 0.298. The molecule has 0 aromatic heterocycles. The molecule has 0 radical (unpaired) electrons. The number of hydrogen-bond acceptors (Lipinski definition) is 5. The quantitative estimate of drug-likeness (QED) is 0.0411. The zero-order chi connectivity index (χ0) is 43.9. The molecule has 5 rings (SSSR count). The maximum absolute atomic E-state index is 12.8. The highest BCUT2D eigenvalue weighted by atomic mass is 35.5. The maximum Gasteiger partial charge on any atom is 0.295 e. The molecule has 0 amide bonds. The third-order valence-electron chi connectivity index (χ3n) is 9.73. The van der Waals surface area contributed by atoms with Gasteiger partial charge in [-0.2, -0.15) is 13.0 Å². The van der Waals surface area contributed by atoms with Gasteiger partial charge in [0.25, 0.3) is 10.1 Å². The Hall–Kier alpha value is -4.78. The first kappa shape index (κ1) is 47.3. The van der Waals surface area contributed by atoms with Crippen molar-refractivity contribution in [3.05, 3.63) is 157 Å². The fourth-order valence-corrected chi connectivity index (χ4v) is 8.82. The molecule has 14 heteroatoms. The van der Waals surface area contributed by atoms with E-state index in [1.54, 1.807) is 42.5 Å². The van der Waals surface area contributed by atoms with Crippen LogP contribution in [-0.4, -0.2) is 62.7 Å². The molecule has 0 heterocycles. The summed E-state index contributed by atoms with van der Waals surface area (Å²) in [5, 5.41) is 1.56. The predicted octanol–water partition coefficient (Wildman–Crippen LogP) is 13.4. The van der Waals surface area contributed by atoms with Gasteiger partial charge in [0.05, 0.1) is 35.4 Å². The van der Waals surface area contributed by atoms with Crippen molar-refractivity contribution in [3.63, 3.8) is 0 Å². The van der Waals surface area contributed by atoms with E-state index in [-0.39, 0.29) is 4.90 Å². The maximum atomic E-state index is 12.8. The summed E-state index contributed by atoms with van der Waals surface area (Å²) in [5.41, 5.74) is 4.76. The van der Waals surface area contributed by atoms with Crippen molar-refractivity contribution in [2.24, 2.45) is 0 Å². The van der Waals surface area contributed by atoms with Gasteiger partial charge in [0.2, 0.25) is 24.5 Å². The van der Waals surface area contributed by atoms with Gasteiger partial charge in [0.1, 0.15) is 26.4 Å². The molecule has 0 saturated carbocycles. The number of ether oxygens (including phenoxy) is 2. The standard InChI is InChI=1S/C47H46Cl4N4O5S/c1-5-7-27-59-37-29-40(48)46(41(49)30-37)54(25-11-23-52-3)35-19-15-33(16-20-35)45(39-13-9-10-14-44(39)61(56,57)58)34-17-21-36(22-18-34)55(26-12-24-53-4)47-42(50)31-38(32-43(47)51)60-28-8-6-2/h9-10,13-22,29-32H,5-8,11-12,23-28H2,1-2H3/p+1. The molecule has 0 unspecified atom stereocenters. The van der Waals surface area contributed by atoms with Gasteiger partial charge in [-0.3, -0.25) is 4.55 Å². The van der Waals surface area contributed by atoms with Crippen molar-refractivity contribution >= 4 is 84.9 Å². The minimum Gasteiger partial charge on any atom is -0.493 e. The predicted molar refractivity (Wildman–Crippen MR) is 250 cm³/mol. The minimum atomic E-state index is -4.64. The lowest BCUT2D eigenvalue weighted by atomic mass is 9.90. The monoisotopic (exact) mass is 919 g/mol. The van der Waals surface area contributed by atoms with Crippen LogP contribution < -0.4 is 14.4 Å². The molecule has 1 N–H and O–H groups in total. The van der Waals surface area contributed by atoms with Crippen LogP contribution in [0, 0.1) is 13.1 Å². The van der Waals surface area contributed by atoms with Crippen molar-refractivity contribution in [3.8, 4) is 11.5 Å². The van der Waals surface area contributed by atoms with Gasteiger partial charge in [-0.05, 0) is 59.9 Å². The Morgan fingerprint density at radius 1 is 0.738 bits per heavy atom. The highest BCUT2D eigenvalue weighted by molar-refractivity contribution is 7.86. The Morgan fingerprint density at radius 2 is 1.28 bits per heavy atom. The Balaban J connectivity index is 1.63. The zero-order valence-corrected chi connectivity index (χ0v) is 37.9. The van der Waals surface area contributed by atoms with Crippen molar-refractivity contribution in [1.29, 1.82) is 0 Å². The summed E-state index contributed by atoms with van der Waals surface area (Å²) in [5.74, 6) is 1.13. The van der Waals surface area contributed by atoms with Crippen molar-refractivity contribution in [2.75, 3.05) is 44.3 Å². The molecule has 1 aliphatic rings. The van der Waals surface area contributed by atoms with Gasteiger partial charge in [0.15, 0.2) is 6.54 Å². The summed E-state index contributed by atoms with van der Waals surface area (Å²) in [6, 6.07) is 20.7. The van der Waals surface area contributed by atoms with E-state index in [0.717, 1.165) is 37.1 Å². The van der Waals surface area contributed by atoms with Gasteiger partial charge >= 0.3 is 0 Å². The van der Waals surface area contributed by atoms with Gasteiger partial charge in [-0.1, -0.05) is 103 Å². The average molecular weight is 922 g/mol. The highest BCUT2D eigenvalue weighted by Gasteiger charge is 2.27. The molecule has 318 valence electrons. The number of anilines is 2. The van der Waals surface area contributed by atoms with Gasteiger partial charge in [-0.25, -0.2) is 13.1 Å². The van der Waals surface area contributed by atoms with E-state index in [2.05, 4.69) is 23.5 Å². The number of nitrogens with zero attached hydrogens (tertiary/aromatic N) is 4. The number of halogens is 4. The average Bonchev–Trinajstić information content (AvgIpc) is 3.23. The summed E-state index contributed by atoms with van der Waals surface area (Å²) in [4.78, 5) is 8.78. The lowest BCUT2D eigenvalue weighted by Gasteiger charge is -2.27. The van der Waals surface area contributed by atoms with E-state index in [9.17, 15) is 13.0 Å². The molecule has 9 nitrogen and oxygen atoms in total. The van der Waals surface area contributed by atoms with Crippen molar-refractivity contribution in [1.82, 2.24) is 0 Å². The number of benzene rings is 4. The Kier molecular flexibility index (Phi) is 17.7. The van der Waals surface area contributed by atoms with Gasteiger partial charge in [-0.15, -0.1) is 0 Å². The van der Waals surface area contributed by atoms with Crippen LogP contribution in [-0.2, 0) is 10.1 Å². The third-order valence-corrected chi connectivity index (χ3v) is 11.8. The molecule has 1 aliphatic carbocycles. The summed E-state index contributed by atoms with van der Waals surface area (Å²) < 4.78 is 49.7. The van der Waals surface area contributed by atoms with E-state index in [1.165, 1.54) is 6.07 Å². The first-order valence-corrected chi connectivity index (χ1v) is 23.0. The molecule has 0 saturated heterocycles.